The lowest BCUT2D eigenvalue weighted by Crippen LogP contribution is -2.16. The second-order valence-electron chi connectivity index (χ2n) is 7.33. The van der Waals surface area contributed by atoms with Crippen LogP contribution in [0.3, 0.4) is 0 Å². The first-order chi connectivity index (χ1) is 9.57. The lowest BCUT2D eigenvalue weighted by Gasteiger charge is -2.30. The third kappa shape index (κ3) is 2.65. The summed E-state index contributed by atoms with van der Waals surface area (Å²) in [6.45, 7) is 2.49. The topological polar surface area (TPSA) is 52.0 Å². The minimum absolute atomic E-state index is 0.608. The Morgan fingerprint density at radius 1 is 1.10 bits per heavy atom. The number of hydrogen-bond donors (Lipinski definition) is 2. The van der Waals surface area contributed by atoms with Gasteiger partial charge in [-0.25, -0.2) is 0 Å². The molecule has 0 heterocycles. The number of fused-ring (bicyclic) bond motifs is 1. The monoisotopic (exact) mass is 272 g/mol. The molecular formula is C18H28N2. The fourth-order valence-electron chi connectivity index (χ4n) is 4.29. The largest absolute Gasteiger partial charge is 0.397 e. The van der Waals surface area contributed by atoms with Crippen LogP contribution in [0.15, 0.2) is 12.1 Å². The molecule has 110 valence electrons. The summed E-state index contributed by atoms with van der Waals surface area (Å²) in [7, 11) is 0. The van der Waals surface area contributed by atoms with Crippen molar-refractivity contribution in [2.45, 2.75) is 70.6 Å². The van der Waals surface area contributed by atoms with Crippen molar-refractivity contribution in [2.24, 2.45) is 5.41 Å². The highest BCUT2D eigenvalue weighted by Crippen LogP contribution is 2.45. The summed E-state index contributed by atoms with van der Waals surface area (Å²) in [5.74, 6) is 0.707. The molecule has 1 unspecified atom stereocenters. The summed E-state index contributed by atoms with van der Waals surface area (Å²) in [6.07, 6.45) is 12.2. The van der Waals surface area contributed by atoms with E-state index in [1.165, 1.54) is 68.9 Å². The summed E-state index contributed by atoms with van der Waals surface area (Å²) in [6, 6.07) is 4.28. The molecule has 2 aliphatic carbocycles. The molecule has 1 aromatic carbocycles. The van der Waals surface area contributed by atoms with Crippen molar-refractivity contribution in [1.29, 1.82) is 0 Å². The Bertz CT molecular complexity index is 486. The number of aryl methyl sites for hydroxylation is 1. The molecule has 20 heavy (non-hydrogen) atoms. The van der Waals surface area contributed by atoms with Crippen LogP contribution in [0, 0.1) is 5.41 Å². The minimum Gasteiger partial charge on any atom is -0.397 e. The van der Waals surface area contributed by atoms with Crippen LogP contribution >= 0.6 is 0 Å². The zero-order valence-electron chi connectivity index (χ0n) is 12.8. The summed E-state index contributed by atoms with van der Waals surface area (Å²) < 4.78 is 0. The zero-order valence-corrected chi connectivity index (χ0v) is 12.8. The van der Waals surface area contributed by atoms with Gasteiger partial charge in [-0.05, 0) is 79.5 Å². The zero-order chi connectivity index (χ0) is 14.2. The highest BCUT2D eigenvalue weighted by atomic mass is 14.7. The average molecular weight is 272 g/mol. The van der Waals surface area contributed by atoms with Gasteiger partial charge in [0.15, 0.2) is 0 Å². The Hall–Kier alpha value is -1.18. The first kappa shape index (κ1) is 13.8. The predicted molar refractivity (Wildman–Crippen MR) is 86.8 cm³/mol. The Morgan fingerprint density at radius 3 is 2.55 bits per heavy atom. The van der Waals surface area contributed by atoms with Gasteiger partial charge >= 0.3 is 0 Å². The highest BCUT2D eigenvalue weighted by molar-refractivity contribution is 5.66. The molecule has 1 saturated carbocycles. The van der Waals surface area contributed by atoms with Crippen LogP contribution in [-0.4, -0.2) is 0 Å². The van der Waals surface area contributed by atoms with Gasteiger partial charge in [-0.1, -0.05) is 19.8 Å². The van der Waals surface area contributed by atoms with Crippen LogP contribution in [0.5, 0.6) is 0 Å². The van der Waals surface area contributed by atoms with Crippen LogP contribution in [-0.2, 0) is 6.42 Å². The Labute approximate surface area is 122 Å². The molecular weight excluding hydrogens is 244 g/mol. The molecule has 0 bridgehead atoms. The van der Waals surface area contributed by atoms with Crippen molar-refractivity contribution in [1.82, 2.24) is 0 Å². The SMILES string of the molecule is CC1(CCC2CCCc3cc(N)c(N)cc32)CCCC1. The van der Waals surface area contributed by atoms with E-state index in [1.807, 2.05) is 0 Å². The minimum atomic E-state index is 0.608. The van der Waals surface area contributed by atoms with E-state index < -0.39 is 0 Å². The second-order valence-corrected chi connectivity index (χ2v) is 7.33. The molecule has 2 heteroatoms. The molecule has 1 aromatic rings. The molecule has 1 fully saturated rings. The highest BCUT2D eigenvalue weighted by Gasteiger charge is 2.30. The number of nitrogen functional groups attached to an aromatic ring is 2. The molecule has 1 atom stereocenters. The van der Waals surface area contributed by atoms with E-state index in [4.69, 9.17) is 11.5 Å². The van der Waals surface area contributed by atoms with Gasteiger partial charge < -0.3 is 11.5 Å². The van der Waals surface area contributed by atoms with E-state index in [2.05, 4.69) is 19.1 Å². The van der Waals surface area contributed by atoms with Gasteiger partial charge in [-0.3, -0.25) is 0 Å². The fourth-order valence-corrected chi connectivity index (χ4v) is 4.29. The van der Waals surface area contributed by atoms with Gasteiger partial charge in [0.2, 0.25) is 0 Å². The van der Waals surface area contributed by atoms with E-state index in [1.54, 1.807) is 0 Å². The summed E-state index contributed by atoms with van der Waals surface area (Å²) >= 11 is 0. The first-order valence-corrected chi connectivity index (χ1v) is 8.25. The predicted octanol–water partition coefficient (Wildman–Crippen LogP) is 4.63. The summed E-state index contributed by atoms with van der Waals surface area (Å²) in [4.78, 5) is 0. The third-order valence-corrected chi connectivity index (χ3v) is 5.69. The van der Waals surface area contributed by atoms with Crippen molar-refractivity contribution in [3.8, 4) is 0 Å². The average Bonchev–Trinajstić information content (AvgIpc) is 2.85. The maximum atomic E-state index is 6.03. The molecule has 2 aliphatic rings. The fraction of sp³-hybridized carbons (Fsp3) is 0.667. The first-order valence-electron chi connectivity index (χ1n) is 8.25. The number of nitrogens with two attached hydrogens (primary N) is 2. The number of rotatable bonds is 3. The van der Waals surface area contributed by atoms with Crippen LogP contribution in [0.1, 0.15) is 75.3 Å². The van der Waals surface area contributed by atoms with Gasteiger partial charge in [0.25, 0.3) is 0 Å². The quantitative estimate of drug-likeness (QED) is 0.788. The molecule has 0 saturated heterocycles. The van der Waals surface area contributed by atoms with Crippen LogP contribution in [0.2, 0.25) is 0 Å². The number of benzene rings is 1. The molecule has 0 radical (unpaired) electrons. The normalized spacial score (nSPS) is 24.6. The van der Waals surface area contributed by atoms with Crippen LogP contribution < -0.4 is 11.5 Å². The summed E-state index contributed by atoms with van der Waals surface area (Å²) in [5.41, 5.74) is 17.1. The van der Waals surface area contributed by atoms with E-state index in [9.17, 15) is 0 Å². The summed E-state index contributed by atoms with van der Waals surface area (Å²) in [5, 5.41) is 0. The van der Waals surface area contributed by atoms with Gasteiger partial charge in [0, 0.05) is 0 Å². The van der Waals surface area contributed by atoms with Crippen molar-refractivity contribution >= 4 is 11.4 Å². The number of hydrogen-bond acceptors (Lipinski definition) is 2. The van der Waals surface area contributed by atoms with Gasteiger partial charge in [-0.2, -0.15) is 0 Å². The third-order valence-electron chi connectivity index (χ3n) is 5.69. The van der Waals surface area contributed by atoms with E-state index in [-0.39, 0.29) is 0 Å². The van der Waals surface area contributed by atoms with Gasteiger partial charge in [-0.15, -0.1) is 0 Å². The standard InChI is InChI=1S/C18H28N2/c1-18(8-2-3-9-18)10-7-13-5-4-6-14-11-16(19)17(20)12-15(13)14/h11-13H,2-10,19-20H2,1H3. The molecule has 0 amide bonds. The molecule has 0 aromatic heterocycles. The lowest BCUT2D eigenvalue weighted by molar-refractivity contribution is 0.283. The Kier molecular flexibility index (Phi) is 3.66. The van der Waals surface area contributed by atoms with E-state index >= 15 is 0 Å². The Morgan fingerprint density at radius 2 is 1.80 bits per heavy atom. The van der Waals surface area contributed by atoms with Crippen LogP contribution in [0.25, 0.3) is 0 Å². The lowest BCUT2D eigenvalue weighted by atomic mass is 9.75. The molecule has 3 rings (SSSR count). The molecule has 4 N–H and O–H groups in total. The van der Waals surface area contributed by atoms with Gasteiger partial charge in [0.05, 0.1) is 11.4 Å². The molecule has 0 spiro atoms. The van der Waals surface area contributed by atoms with Gasteiger partial charge in [0.1, 0.15) is 0 Å². The molecule has 2 nitrogen and oxygen atoms in total. The van der Waals surface area contributed by atoms with Crippen molar-refractivity contribution < 1.29 is 0 Å². The second kappa shape index (κ2) is 5.31. The molecule has 0 aliphatic heterocycles. The maximum absolute atomic E-state index is 6.03. The smallest absolute Gasteiger partial charge is 0.0550 e. The Balaban J connectivity index is 1.74. The van der Waals surface area contributed by atoms with Crippen molar-refractivity contribution in [2.75, 3.05) is 11.5 Å². The van der Waals surface area contributed by atoms with Crippen molar-refractivity contribution in [3.63, 3.8) is 0 Å². The van der Waals surface area contributed by atoms with Crippen LogP contribution in [0.4, 0.5) is 11.4 Å². The van der Waals surface area contributed by atoms with E-state index in [0.29, 0.717) is 11.3 Å². The maximum Gasteiger partial charge on any atom is 0.0550 e. The van der Waals surface area contributed by atoms with Crippen molar-refractivity contribution in [3.05, 3.63) is 23.3 Å². The van der Waals surface area contributed by atoms with E-state index in [0.717, 1.165) is 11.4 Å². The number of anilines is 2.